The SMILES string of the molecule is NC(=O)c1c(I)c(C(=O)N(CC(O)CO)CC(O)CO)c(I)c(N(C=O)CC(O)C(O)C(O)CN(C=O)c2c(I)c(C(N)=O)c(I)c(C(=O)N(CC(O)CO)CC(O)CO)c2I)c1I. The third-order valence-corrected chi connectivity index (χ3v) is 15.4. The van der Waals surface area contributed by atoms with Gasteiger partial charge in [-0.05, 0) is 136 Å². The van der Waals surface area contributed by atoms with Crippen molar-refractivity contribution in [3.8, 4) is 0 Å². The summed E-state index contributed by atoms with van der Waals surface area (Å²) in [5, 5.41) is 112. The van der Waals surface area contributed by atoms with Gasteiger partial charge in [0.15, 0.2) is 0 Å². The summed E-state index contributed by atoms with van der Waals surface area (Å²) in [5.74, 6) is -3.99. The molecule has 358 valence electrons. The average Bonchev–Trinajstić information content (AvgIpc) is 3.23. The van der Waals surface area contributed by atoms with Crippen LogP contribution in [0.2, 0.25) is 0 Å². The fraction of sp³-hybridized carbons (Fsp3) is 0.486. The summed E-state index contributed by atoms with van der Waals surface area (Å²) in [6.45, 7) is -7.03. The van der Waals surface area contributed by atoms with E-state index in [1.165, 1.54) is 0 Å². The van der Waals surface area contributed by atoms with Crippen molar-refractivity contribution >= 4 is 183 Å². The Morgan fingerprint density at radius 1 is 0.453 bits per heavy atom. The molecule has 6 atom stereocenters. The summed E-state index contributed by atoms with van der Waals surface area (Å²) in [4.78, 5) is 82.5. The standard InChI is InChI=1S/C35H44I6N6O17/c36-23-19(32(42)61)25(38)29(27(40)21(23)34(63)44(1-13(54)7-48)2-14(55)8-49)46(11-52)5-17(58)31(60)18(59)6-47(12-53)30-26(39)20(33(43)62)24(37)22(28(30)41)35(64)45(3-15(56)9-50)4-16(57)10-51/h11-18,31,48-51,54-60H,1-10H2,(H2,42,61)(H2,43,62). The van der Waals surface area contributed by atoms with E-state index in [9.17, 15) is 84.9 Å². The molecule has 0 radical (unpaired) electrons. The monoisotopic (exact) mass is 1580 g/mol. The predicted octanol–water partition coefficient (Wildman–Crippen LogP) is -3.48. The number of anilines is 2. The van der Waals surface area contributed by atoms with Crippen LogP contribution in [-0.2, 0) is 9.59 Å². The van der Waals surface area contributed by atoms with Gasteiger partial charge in [-0.2, -0.15) is 0 Å². The normalized spacial score (nSPS) is 14.7. The molecule has 6 unspecified atom stereocenters. The Hall–Kier alpha value is -0.800. The molecule has 0 spiro atoms. The van der Waals surface area contributed by atoms with Crippen molar-refractivity contribution in [3.63, 3.8) is 0 Å². The molecule has 0 heterocycles. The number of nitrogens with two attached hydrogens (primary N) is 2. The minimum atomic E-state index is -2.18. The van der Waals surface area contributed by atoms with Crippen LogP contribution in [0, 0.1) is 21.4 Å². The molecule has 29 heteroatoms. The maximum absolute atomic E-state index is 14.1. The number of aliphatic hydroxyl groups excluding tert-OH is 11. The minimum absolute atomic E-state index is 0.00280. The summed E-state index contributed by atoms with van der Waals surface area (Å²) < 4.78 is -0.0935. The first-order valence-electron chi connectivity index (χ1n) is 18.1. The second kappa shape index (κ2) is 27.4. The average molecular weight is 1580 g/mol. The lowest BCUT2D eigenvalue weighted by Crippen LogP contribution is -2.49. The summed E-state index contributed by atoms with van der Waals surface area (Å²) in [7, 11) is 0. The number of carbonyl (C=O) groups is 6. The molecular formula is C35H44I6N6O17. The number of primary amides is 2. The van der Waals surface area contributed by atoms with Crippen LogP contribution in [0.1, 0.15) is 41.4 Å². The number of hydrogen-bond donors (Lipinski definition) is 13. The number of amides is 6. The number of carbonyl (C=O) groups excluding carboxylic acids is 6. The van der Waals surface area contributed by atoms with Crippen LogP contribution >= 0.6 is 136 Å². The van der Waals surface area contributed by atoms with Crippen molar-refractivity contribution in [3.05, 3.63) is 43.7 Å². The molecule has 0 aromatic heterocycles. The first-order chi connectivity index (χ1) is 29.9. The third kappa shape index (κ3) is 14.6. The van der Waals surface area contributed by atoms with Gasteiger partial charge in [0.05, 0.1) is 112 Å². The quantitative estimate of drug-likeness (QED) is 0.0321. The fourth-order valence-electron chi connectivity index (χ4n) is 5.91. The second-order valence-electron chi connectivity index (χ2n) is 13.7. The topological polar surface area (TPSA) is 390 Å². The predicted molar refractivity (Wildman–Crippen MR) is 275 cm³/mol. The first-order valence-corrected chi connectivity index (χ1v) is 24.6. The van der Waals surface area contributed by atoms with E-state index in [1.54, 1.807) is 136 Å². The van der Waals surface area contributed by atoms with E-state index in [0.29, 0.717) is 0 Å². The Morgan fingerprint density at radius 2 is 0.703 bits per heavy atom. The highest BCUT2D eigenvalue weighted by Gasteiger charge is 2.37. The van der Waals surface area contributed by atoms with E-state index in [1.807, 2.05) is 0 Å². The number of aliphatic hydroxyl groups is 11. The zero-order valence-corrected chi connectivity index (χ0v) is 45.8. The molecule has 0 aliphatic carbocycles. The highest BCUT2D eigenvalue weighted by Crippen LogP contribution is 2.40. The largest absolute Gasteiger partial charge is 0.394 e. The van der Waals surface area contributed by atoms with Crippen molar-refractivity contribution in [1.82, 2.24) is 9.80 Å². The number of halogens is 6. The van der Waals surface area contributed by atoms with Gasteiger partial charge in [-0.3, -0.25) is 28.8 Å². The zero-order valence-electron chi connectivity index (χ0n) is 32.8. The molecule has 23 nitrogen and oxygen atoms in total. The maximum atomic E-state index is 14.1. The van der Waals surface area contributed by atoms with E-state index >= 15 is 0 Å². The fourth-order valence-corrected chi connectivity index (χ4v) is 15.5. The van der Waals surface area contributed by atoms with Gasteiger partial charge in [0.25, 0.3) is 23.6 Å². The molecule has 0 saturated heterocycles. The van der Waals surface area contributed by atoms with Crippen molar-refractivity contribution in [2.45, 2.75) is 42.7 Å². The molecule has 0 aliphatic rings. The summed E-state index contributed by atoms with van der Waals surface area (Å²) in [5.41, 5.74) is 9.97. The van der Waals surface area contributed by atoms with Gasteiger partial charge >= 0.3 is 0 Å². The smallest absolute Gasteiger partial charge is 0.256 e. The number of benzene rings is 2. The Kier molecular flexibility index (Phi) is 25.4. The van der Waals surface area contributed by atoms with Crippen molar-refractivity contribution in [2.75, 3.05) is 75.5 Å². The Bertz CT molecular complexity index is 1880. The van der Waals surface area contributed by atoms with Gasteiger partial charge in [0.2, 0.25) is 12.8 Å². The van der Waals surface area contributed by atoms with Gasteiger partial charge in [0.1, 0.15) is 18.3 Å². The lowest BCUT2D eigenvalue weighted by atomic mass is 10.0. The second-order valence-corrected chi connectivity index (χ2v) is 20.2. The molecule has 2 aromatic carbocycles. The van der Waals surface area contributed by atoms with E-state index in [0.717, 1.165) is 19.6 Å². The van der Waals surface area contributed by atoms with Crippen LogP contribution in [0.5, 0.6) is 0 Å². The molecule has 0 saturated carbocycles. The number of rotatable bonds is 26. The van der Waals surface area contributed by atoms with E-state index < -0.39 is 132 Å². The van der Waals surface area contributed by atoms with Gasteiger partial charge in [-0.25, -0.2) is 0 Å². The Morgan fingerprint density at radius 3 is 0.922 bits per heavy atom. The zero-order chi connectivity index (χ0) is 49.1. The summed E-state index contributed by atoms with van der Waals surface area (Å²) >= 11 is 10.0. The van der Waals surface area contributed by atoms with Crippen molar-refractivity contribution in [2.24, 2.45) is 11.5 Å². The highest BCUT2D eigenvalue weighted by molar-refractivity contribution is 14.1. The van der Waals surface area contributed by atoms with Crippen LogP contribution in [-0.4, -0.2) is 211 Å². The molecule has 6 amide bonds. The lowest BCUT2D eigenvalue weighted by molar-refractivity contribution is -0.108. The lowest BCUT2D eigenvalue weighted by Gasteiger charge is -2.32. The van der Waals surface area contributed by atoms with Gasteiger partial charge in [0, 0.05) is 33.3 Å². The highest BCUT2D eigenvalue weighted by atomic mass is 127. The number of nitrogens with zero attached hydrogens (tertiary/aromatic N) is 4. The maximum Gasteiger partial charge on any atom is 0.256 e. The van der Waals surface area contributed by atoms with Crippen LogP contribution in [0.3, 0.4) is 0 Å². The Labute approximate surface area is 446 Å². The molecular weight excluding hydrogens is 1540 g/mol. The number of hydrogen-bond acceptors (Lipinski definition) is 17. The molecule has 0 bridgehead atoms. The van der Waals surface area contributed by atoms with Crippen LogP contribution in [0.25, 0.3) is 0 Å². The summed E-state index contributed by atoms with van der Waals surface area (Å²) in [6, 6.07) is 0. The molecule has 15 N–H and O–H groups in total. The van der Waals surface area contributed by atoms with Crippen LogP contribution in [0.4, 0.5) is 11.4 Å². The van der Waals surface area contributed by atoms with E-state index in [2.05, 4.69) is 0 Å². The molecule has 0 fully saturated rings. The first kappa shape index (κ1) is 59.3. The van der Waals surface area contributed by atoms with Crippen LogP contribution < -0.4 is 21.3 Å². The third-order valence-electron chi connectivity index (χ3n) is 9.03. The Balaban J connectivity index is 2.68. The van der Waals surface area contributed by atoms with Gasteiger partial charge < -0.3 is 87.2 Å². The molecule has 64 heavy (non-hydrogen) atoms. The van der Waals surface area contributed by atoms with Crippen molar-refractivity contribution < 1.29 is 84.9 Å². The summed E-state index contributed by atoms with van der Waals surface area (Å²) in [6.07, 6.45) is -11.9. The molecule has 2 aromatic rings. The minimum Gasteiger partial charge on any atom is -0.394 e. The molecule has 2 rings (SSSR count). The molecule has 0 aliphatic heterocycles. The van der Waals surface area contributed by atoms with Gasteiger partial charge in [-0.1, -0.05) is 0 Å². The van der Waals surface area contributed by atoms with Crippen molar-refractivity contribution in [1.29, 1.82) is 0 Å². The van der Waals surface area contributed by atoms with E-state index in [4.69, 9.17) is 11.5 Å². The van der Waals surface area contributed by atoms with Gasteiger partial charge in [-0.15, -0.1) is 0 Å². The van der Waals surface area contributed by atoms with Crippen LogP contribution in [0.15, 0.2) is 0 Å². The van der Waals surface area contributed by atoms with E-state index in [-0.39, 0.29) is 67.9 Å².